The predicted octanol–water partition coefficient (Wildman–Crippen LogP) is 4.22. The van der Waals surface area contributed by atoms with Gasteiger partial charge < -0.3 is 61.3 Å². The van der Waals surface area contributed by atoms with Crippen LogP contribution in [0.3, 0.4) is 0 Å². The molecule has 0 amide bonds. The molecule has 8 aromatic rings. The predicted molar refractivity (Wildman–Crippen MR) is 169 cm³/mol. The minimum absolute atomic E-state index is 0. The molecule has 8 aromatic carbocycles. The third kappa shape index (κ3) is 6.12. The largest absolute Gasteiger partial charge is 2.00 e. The minimum Gasteiger partial charge on any atom is -0.873 e. The van der Waals surface area contributed by atoms with E-state index in [1.807, 2.05) is 0 Å². The van der Waals surface area contributed by atoms with E-state index in [0.717, 1.165) is 0 Å². The van der Waals surface area contributed by atoms with Gasteiger partial charge in [-0.3, -0.25) is 0 Å². The van der Waals surface area contributed by atoms with Crippen molar-refractivity contribution in [2.45, 2.75) is 0 Å². The molecular weight excluding hydrogens is 815 g/mol. The number of phenolic OH excluding ortho intramolecular Hbond substituents is 8. The van der Waals surface area contributed by atoms with Crippen LogP contribution in [0.1, 0.15) is 0 Å². The summed E-state index contributed by atoms with van der Waals surface area (Å²) in [4.78, 5) is 0. The smallest absolute Gasteiger partial charge is 0.873 e. The van der Waals surface area contributed by atoms with Gasteiger partial charge in [-0.25, -0.2) is 0 Å². The van der Waals surface area contributed by atoms with Crippen LogP contribution in [0.4, 0.5) is 0 Å². The van der Waals surface area contributed by atoms with Crippen LogP contribution in [-0.4, -0.2) is 40.9 Å². The van der Waals surface area contributed by atoms with Gasteiger partial charge in [-0.2, -0.15) is 0 Å². The quantitative estimate of drug-likeness (QED) is 0.0607. The maximum atomic E-state index is 11.8. The minimum atomic E-state index is -0.696. The summed E-state index contributed by atoms with van der Waals surface area (Å²) in [6.07, 6.45) is 0. The Bertz CT molecular complexity index is 2000. The fourth-order valence-corrected chi connectivity index (χ4v) is 6.10. The van der Waals surface area contributed by atoms with Gasteiger partial charge >= 0.3 is 34.1 Å². The number of phenols is 8. The topological polar surface area (TPSA) is 254 Å². The first kappa shape index (κ1) is 38.3. The molecule has 12 nitrogen and oxygen atoms in total. The average molecular weight is 835 g/mol. The maximum Gasteiger partial charge on any atom is 2.00 e. The number of fused-ring (bicyclic) bond motifs is 12. The second kappa shape index (κ2) is 13.7. The Balaban J connectivity index is 0.000000216. The first-order valence-electron chi connectivity index (χ1n) is 14.0. The molecule has 0 aliphatic heterocycles. The summed E-state index contributed by atoms with van der Waals surface area (Å²) in [7, 11) is 0. The molecule has 0 atom stereocenters. The third-order valence-electron chi connectivity index (χ3n) is 8.37. The molecule has 0 spiro atoms. The van der Waals surface area contributed by atoms with Crippen LogP contribution in [0.2, 0.25) is 0 Å². The molecular formula is C36H20Cu3O12. The van der Waals surface area contributed by atoms with E-state index >= 15 is 0 Å². The van der Waals surface area contributed by atoms with Crippen molar-refractivity contribution in [2.75, 3.05) is 0 Å². The van der Waals surface area contributed by atoms with Gasteiger partial charge in [0, 0.05) is 17.1 Å². The summed E-state index contributed by atoms with van der Waals surface area (Å²) in [6.45, 7) is 0. The Morgan fingerprint density at radius 3 is 0.451 bits per heavy atom. The zero-order chi connectivity index (χ0) is 34.3. The van der Waals surface area contributed by atoms with Gasteiger partial charge in [0.25, 0.3) is 0 Å². The van der Waals surface area contributed by atoms with Gasteiger partial charge in [-0.15, -0.1) is 23.0 Å². The summed E-state index contributed by atoms with van der Waals surface area (Å²) in [5.41, 5.74) is 0. The molecule has 0 fully saturated rings. The Morgan fingerprint density at radius 1 is 0.235 bits per heavy atom. The normalized spacial score (nSPS) is 10.8. The van der Waals surface area contributed by atoms with Crippen LogP contribution in [0.5, 0.6) is 69.0 Å². The SMILES string of the molecule is [Cu+2].[Cu+2].[Cu].[O-]c1cc2c(cc1[O-])c1cc(O)c(O)cc1c1cc(O)c(O)cc21.[O-]c1cc2c(cc1[O-])c1cc(O)c(O)cc1c1cc(O)c(O)cc21. The molecule has 0 aliphatic carbocycles. The van der Waals surface area contributed by atoms with E-state index in [1.165, 1.54) is 72.8 Å². The van der Waals surface area contributed by atoms with Crippen molar-refractivity contribution in [3.63, 3.8) is 0 Å². The second-order valence-corrected chi connectivity index (χ2v) is 11.2. The first-order valence-corrected chi connectivity index (χ1v) is 14.0. The van der Waals surface area contributed by atoms with Gasteiger partial charge in [0.15, 0.2) is 46.0 Å². The van der Waals surface area contributed by atoms with E-state index in [4.69, 9.17) is 0 Å². The zero-order valence-corrected chi connectivity index (χ0v) is 27.9. The number of hydrogen-bond acceptors (Lipinski definition) is 12. The van der Waals surface area contributed by atoms with Gasteiger partial charge in [-0.05, 0) is 113 Å². The monoisotopic (exact) mass is 833 g/mol. The number of benzene rings is 8. The van der Waals surface area contributed by atoms with Crippen LogP contribution in [-0.2, 0) is 51.2 Å². The molecule has 0 aliphatic rings. The van der Waals surface area contributed by atoms with Gasteiger partial charge in [-0.1, -0.05) is 24.3 Å². The molecule has 0 unspecified atom stereocenters. The fraction of sp³-hybridized carbons (Fsp3) is 0. The number of rotatable bonds is 0. The van der Waals surface area contributed by atoms with Crippen LogP contribution in [0, 0.1) is 0 Å². The summed E-state index contributed by atoms with van der Waals surface area (Å²) in [6, 6.07) is 15.1. The molecule has 0 saturated carbocycles. The van der Waals surface area contributed by atoms with Crippen LogP contribution in [0.25, 0.3) is 64.6 Å². The summed E-state index contributed by atoms with van der Waals surface area (Å²) in [5.74, 6) is -5.71. The molecule has 8 N–H and O–H groups in total. The van der Waals surface area contributed by atoms with Crippen molar-refractivity contribution in [1.82, 2.24) is 0 Å². The molecule has 269 valence electrons. The summed E-state index contributed by atoms with van der Waals surface area (Å²) >= 11 is 0. The van der Waals surface area contributed by atoms with Crippen LogP contribution in [0.15, 0.2) is 72.8 Å². The van der Waals surface area contributed by atoms with Crippen molar-refractivity contribution in [1.29, 1.82) is 0 Å². The molecule has 3 radical (unpaired) electrons. The number of hydrogen-bond donors (Lipinski definition) is 8. The Kier molecular flexibility index (Phi) is 10.2. The van der Waals surface area contributed by atoms with E-state index in [9.17, 15) is 61.3 Å². The molecule has 0 aromatic heterocycles. The average Bonchev–Trinajstić information content (AvgIpc) is 3.03. The zero-order valence-electron chi connectivity index (χ0n) is 25.0. The standard InChI is InChI=1S/2C18H12O6.3Cu/c2*19-13-1-7-8(2-14(13)20)10-4-17(23)18(24)6-12(10)11-5-16(22)15(21)3-9(7)11;;;/h2*1-6,19-24H;;;/q;;;2*+2/p-4. The van der Waals surface area contributed by atoms with Crippen molar-refractivity contribution in [2.24, 2.45) is 0 Å². The molecule has 0 bridgehead atoms. The van der Waals surface area contributed by atoms with Crippen molar-refractivity contribution in [3.8, 4) is 69.0 Å². The molecule has 15 heteroatoms. The molecule has 0 saturated heterocycles. The molecule has 51 heavy (non-hydrogen) atoms. The molecule has 8 rings (SSSR count). The second-order valence-electron chi connectivity index (χ2n) is 11.2. The van der Waals surface area contributed by atoms with E-state index in [-0.39, 0.29) is 97.2 Å². The van der Waals surface area contributed by atoms with Crippen LogP contribution < -0.4 is 20.4 Å². The van der Waals surface area contributed by atoms with Crippen LogP contribution >= 0.6 is 0 Å². The van der Waals surface area contributed by atoms with Gasteiger partial charge in [0.05, 0.1) is 0 Å². The first-order chi connectivity index (χ1) is 22.7. The fourth-order valence-electron chi connectivity index (χ4n) is 6.10. The Morgan fingerprint density at radius 2 is 0.333 bits per heavy atom. The Labute approximate surface area is 317 Å². The van der Waals surface area contributed by atoms with Gasteiger partial charge in [0.2, 0.25) is 0 Å². The summed E-state index contributed by atoms with van der Waals surface area (Å²) in [5, 5.41) is 131. The maximum absolute atomic E-state index is 11.8. The van der Waals surface area contributed by atoms with Gasteiger partial charge in [0.1, 0.15) is 0 Å². The van der Waals surface area contributed by atoms with E-state index < -0.39 is 23.0 Å². The van der Waals surface area contributed by atoms with E-state index in [0.29, 0.717) is 64.6 Å². The summed E-state index contributed by atoms with van der Waals surface area (Å²) < 4.78 is 0. The third-order valence-corrected chi connectivity index (χ3v) is 8.37. The van der Waals surface area contributed by atoms with Crippen molar-refractivity contribution in [3.05, 3.63) is 72.8 Å². The Hall–Kier alpha value is -5.52. The number of aromatic hydroxyl groups is 8. The molecule has 0 heterocycles. The van der Waals surface area contributed by atoms with Crippen molar-refractivity contribution < 1.29 is 112 Å². The van der Waals surface area contributed by atoms with Crippen molar-refractivity contribution >= 4 is 64.6 Å². The van der Waals surface area contributed by atoms with E-state index in [1.54, 1.807) is 0 Å². The van der Waals surface area contributed by atoms with E-state index in [2.05, 4.69) is 0 Å².